The number of rotatable bonds is 7. The van der Waals surface area contributed by atoms with Gasteiger partial charge in [-0.1, -0.05) is 0 Å². The third-order valence-corrected chi connectivity index (χ3v) is 4.57. The van der Waals surface area contributed by atoms with Gasteiger partial charge in [-0.15, -0.1) is 0 Å². The number of ether oxygens (including phenoxy) is 1. The maximum atomic E-state index is 5.66. The van der Waals surface area contributed by atoms with E-state index in [9.17, 15) is 0 Å². The van der Waals surface area contributed by atoms with E-state index in [1.165, 1.54) is 12.8 Å². The summed E-state index contributed by atoms with van der Waals surface area (Å²) in [4.78, 5) is 2.50. The van der Waals surface area contributed by atoms with Crippen molar-refractivity contribution >= 4 is 0 Å². The molecule has 3 heterocycles. The number of likely N-dealkylation sites (tertiary alicyclic amines) is 1. The molecular formula is C17H26N4O2. The first kappa shape index (κ1) is 16.1. The Morgan fingerprint density at radius 1 is 1.39 bits per heavy atom. The van der Waals surface area contributed by atoms with Crippen LogP contribution in [-0.4, -0.2) is 41.4 Å². The van der Waals surface area contributed by atoms with E-state index in [1.54, 1.807) is 18.1 Å². The first-order valence-electron chi connectivity index (χ1n) is 8.25. The van der Waals surface area contributed by atoms with Crippen LogP contribution in [0.4, 0.5) is 0 Å². The van der Waals surface area contributed by atoms with E-state index in [0.29, 0.717) is 0 Å². The van der Waals surface area contributed by atoms with Gasteiger partial charge in [-0.05, 0) is 45.0 Å². The maximum absolute atomic E-state index is 5.66. The molecule has 1 N–H and O–H groups in total. The van der Waals surface area contributed by atoms with Crippen LogP contribution in [0, 0.1) is 6.92 Å². The SMILES string of the molecule is COc1c(CNCC(c2ccco2)N2CCCC2)c(C)nn1C. The van der Waals surface area contributed by atoms with Crippen molar-refractivity contribution in [3.63, 3.8) is 0 Å². The van der Waals surface area contributed by atoms with Crippen molar-refractivity contribution in [3.05, 3.63) is 35.4 Å². The van der Waals surface area contributed by atoms with Crippen molar-refractivity contribution in [1.82, 2.24) is 20.0 Å². The summed E-state index contributed by atoms with van der Waals surface area (Å²) >= 11 is 0. The number of aromatic nitrogens is 2. The summed E-state index contributed by atoms with van der Waals surface area (Å²) in [5.41, 5.74) is 2.13. The van der Waals surface area contributed by atoms with Gasteiger partial charge in [0.25, 0.3) is 0 Å². The molecule has 0 aliphatic carbocycles. The summed E-state index contributed by atoms with van der Waals surface area (Å²) in [6.07, 6.45) is 4.30. The van der Waals surface area contributed by atoms with Crippen molar-refractivity contribution in [2.24, 2.45) is 7.05 Å². The molecule has 1 atom stereocenters. The lowest BCUT2D eigenvalue weighted by Crippen LogP contribution is -2.33. The zero-order valence-electron chi connectivity index (χ0n) is 14.2. The Morgan fingerprint density at radius 2 is 2.17 bits per heavy atom. The predicted molar refractivity (Wildman–Crippen MR) is 88.5 cm³/mol. The van der Waals surface area contributed by atoms with E-state index in [-0.39, 0.29) is 6.04 Å². The second kappa shape index (κ2) is 7.19. The molecule has 0 radical (unpaired) electrons. The van der Waals surface area contributed by atoms with Crippen LogP contribution < -0.4 is 10.1 Å². The molecule has 6 nitrogen and oxygen atoms in total. The monoisotopic (exact) mass is 318 g/mol. The highest BCUT2D eigenvalue weighted by molar-refractivity contribution is 5.30. The molecule has 2 aromatic rings. The van der Waals surface area contributed by atoms with Gasteiger partial charge in [0.1, 0.15) is 5.76 Å². The average molecular weight is 318 g/mol. The second-order valence-electron chi connectivity index (χ2n) is 6.10. The Morgan fingerprint density at radius 3 is 2.83 bits per heavy atom. The first-order valence-corrected chi connectivity index (χ1v) is 8.25. The second-order valence-corrected chi connectivity index (χ2v) is 6.10. The molecule has 0 spiro atoms. The molecule has 126 valence electrons. The fourth-order valence-corrected chi connectivity index (χ4v) is 3.42. The Hall–Kier alpha value is -1.79. The fourth-order valence-electron chi connectivity index (χ4n) is 3.42. The summed E-state index contributed by atoms with van der Waals surface area (Å²) in [5, 5.41) is 7.99. The van der Waals surface area contributed by atoms with Gasteiger partial charge < -0.3 is 14.5 Å². The summed E-state index contributed by atoms with van der Waals surface area (Å²) in [5.74, 6) is 1.86. The van der Waals surface area contributed by atoms with Gasteiger partial charge >= 0.3 is 0 Å². The summed E-state index contributed by atoms with van der Waals surface area (Å²) in [6, 6.07) is 4.32. The smallest absolute Gasteiger partial charge is 0.216 e. The average Bonchev–Trinajstić information content (AvgIpc) is 3.26. The van der Waals surface area contributed by atoms with Crippen molar-refractivity contribution < 1.29 is 9.15 Å². The molecule has 1 saturated heterocycles. The largest absolute Gasteiger partial charge is 0.481 e. The van der Waals surface area contributed by atoms with E-state index in [2.05, 4.69) is 21.4 Å². The van der Waals surface area contributed by atoms with Gasteiger partial charge in [-0.2, -0.15) is 5.10 Å². The van der Waals surface area contributed by atoms with E-state index < -0.39 is 0 Å². The molecule has 0 amide bonds. The zero-order valence-corrected chi connectivity index (χ0v) is 14.2. The van der Waals surface area contributed by atoms with E-state index >= 15 is 0 Å². The number of aryl methyl sites for hydroxylation is 2. The maximum Gasteiger partial charge on any atom is 0.216 e. The molecule has 1 unspecified atom stereocenters. The van der Waals surface area contributed by atoms with Crippen molar-refractivity contribution in [2.45, 2.75) is 32.4 Å². The molecule has 0 bridgehead atoms. The highest BCUT2D eigenvalue weighted by atomic mass is 16.5. The van der Waals surface area contributed by atoms with E-state index in [1.807, 2.05) is 20.0 Å². The Bertz CT molecular complexity index is 615. The van der Waals surface area contributed by atoms with Gasteiger partial charge in [0.15, 0.2) is 0 Å². The number of nitrogens with one attached hydrogen (secondary N) is 1. The highest BCUT2D eigenvalue weighted by Gasteiger charge is 2.25. The van der Waals surface area contributed by atoms with Crippen LogP contribution in [0.5, 0.6) is 5.88 Å². The molecule has 1 fully saturated rings. The Balaban J connectivity index is 1.65. The minimum atomic E-state index is 0.287. The first-order chi connectivity index (χ1) is 11.2. The van der Waals surface area contributed by atoms with Crippen LogP contribution in [0.15, 0.2) is 22.8 Å². The lowest BCUT2D eigenvalue weighted by molar-refractivity contribution is 0.209. The van der Waals surface area contributed by atoms with Crippen molar-refractivity contribution in [2.75, 3.05) is 26.7 Å². The molecule has 2 aromatic heterocycles. The van der Waals surface area contributed by atoms with E-state index in [0.717, 1.165) is 49.1 Å². The van der Waals surface area contributed by atoms with Gasteiger partial charge in [0.2, 0.25) is 5.88 Å². The topological polar surface area (TPSA) is 55.5 Å². The van der Waals surface area contributed by atoms with Crippen molar-refractivity contribution in [3.8, 4) is 5.88 Å². The number of hydrogen-bond acceptors (Lipinski definition) is 5. The number of hydrogen-bond donors (Lipinski definition) is 1. The molecule has 0 saturated carbocycles. The molecule has 3 rings (SSSR count). The van der Waals surface area contributed by atoms with Crippen LogP contribution in [-0.2, 0) is 13.6 Å². The lowest BCUT2D eigenvalue weighted by atomic mass is 10.2. The standard InChI is InChI=1S/C17H26N4O2/c1-13-14(17(22-3)20(2)19-13)11-18-12-15(16-7-6-10-23-16)21-8-4-5-9-21/h6-7,10,15,18H,4-5,8-9,11-12H2,1-3H3. The molecule has 0 aromatic carbocycles. The number of furan rings is 1. The minimum Gasteiger partial charge on any atom is -0.481 e. The predicted octanol–water partition coefficient (Wildman–Crippen LogP) is 2.26. The number of nitrogens with zero attached hydrogens (tertiary/aromatic N) is 3. The van der Waals surface area contributed by atoms with Gasteiger partial charge in [-0.3, -0.25) is 4.90 Å². The fraction of sp³-hybridized carbons (Fsp3) is 0.588. The van der Waals surface area contributed by atoms with Crippen LogP contribution >= 0.6 is 0 Å². The summed E-state index contributed by atoms with van der Waals surface area (Å²) in [6.45, 7) is 5.90. The van der Waals surface area contributed by atoms with Gasteiger partial charge in [0.05, 0.1) is 30.7 Å². The zero-order chi connectivity index (χ0) is 16.2. The quantitative estimate of drug-likeness (QED) is 0.848. The van der Waals surface area contributed by atoms with Gasteiger partial charge in [-0.25, -0.2) is 4.68 Å². The van der Waals surface area contributed by atoms with Gasteiger partial charge in [0, 0.05) is 20.1 Å². The van der Waals surface area contributed by atoms with Crippen LogP contribution in [0.3, 0.4) is 0 Å². The number of methoxy groups -OCH3 is 1. The minimum absolute atomic E-state index is 0.287. The molecule has 1 aliphatic rings. The van der Waals surface area contributed by atoms with Crippen molar-refractivity contribution in [1.29, 1.82) is 0 Å². The molecule has 23 heavy (non-hydrogen) atoms. The summed E-state index contributed by atoms with van der Waals surface area (Å²) in [7, 11) is 3.60. The van der Waals surface area contributed by atoms with E-state index in [4.69, 9.17) is 9.15 Å². The lowest BCUT2D eigenvalue weighted by Gasteiger charge is -2.26. The van der Waals surface area contributed by atoms with Crippen LogP contribution in [0.2, 0.25) is 0 Å². The Kier molecular flexibility index (Phi) is 5.03. The normalized spacial score (nSPS) is 16.8. The van der Waals surface area contributed by atoms with Crippen LogP contribution in [0.1, 0.15) is 35.9 Å². The molecule has 6 heteroatoms. The molecular weight excluding hydrogens is 292 g/mol. The molecule has 1 aliphatic heterocycles. The third kappa shape index (κ3) is 3.43. The summed E-state index contributed by atoms with van der Waals surface area (Å²) < 4.78 is 12.9. The highest BCUT2D eigenvalue weighted by Crippen LogP contribution is 2.26. The van der Waals surface area contributed by atoms with Crippen LogP contribution in [0.25, 0.3) is 0 Å². The Labute approximate surface area is 137 Å². The third-order valence-electron chi connectivity index (χ3n) is 4.57.